The van der Waals surface area contributed by atoms with Crippen molar-refractivity contribution < 1.29 is 14.3 Å². The predicted molar refractivity (Wildman–Crippen MR) is 69.8 cm³/mol. The van der Waals surface area contributed by atoms with E-state index in [4.69, 9.17) is 15.2 Å². The van der Waals surface area contributed by atoms with Gasteiger partial charge in [0, 0.05) is 12.5 Å². The van der Waals surface area contributed by atoms with Crippen molar-refractivity contribution in [3.05, 3.63) is 42.0 Å². The molecule has 0 fully saturated rings. The van der Waals surface area contributed by atoms with Crippen LogP contribution in [0.3, 0.4) is 0 Å². The molecule has 0 aliphatic carbocycles. The molecule has 0 atom stereocenters. The van der Waals surface area contributed by atoms with Crippen LogP contribution in [0.15, 0.2) is 36.4 Å². The quantitative estimate of drug-likeness (QED) is 0.819. The van der Waals surface area contributed by atoms with Crippen molar-refractivity contribution in [3.63, 3.8) is 0 Å². The van der Waals surface area contributed by atoms with Crippen LogP contribution in [0.2, 0.25) is 0 Å². The van der Waals surface area contributed by atoms with Gasteiger partial charge in [-0.05, 0) is 11.5 Å². The molecular weight excluding hydrogens is 230 g/mol. The second kappa shape index (κ2) is 5.51. The standard InChI is InChI=1S/C14H15NO3/c1-17-8-9-18-13-11-5-3-2-4-10(11)6-7-12(13)14(15)16/h2-7H,8-9H2,1H3,(H2,15,16). The second-order valence-electron chi connectivity index (χ2n) is 3.87. The molecule has 4 heteroatoms. The third kappa shape index (κ3) is 2.43. The van der Waals surface area contributed by atoms with E-state index < -0.39 is 5.91 Å². The molecule has 1 amide bonds. The smallest absolute Gasteiger partial charge is 0.252 e. The maximum Gasteiger partial charge on any atom is 0.252 e. The van der Waals surface area contributed by atoms with Crippen LogP contribution in [0.4, 0.5) is 0 Å². The van der Waals surface area contributed by atoms with Gasteiger partial charge in [-0.3, -0.25) is 4.79 Å². The number of methoxy groups -OCH3 is 1. The van der Waals surface area contributed by atoms with Crippen LogP contribution in [-0.2, 0) is 4.74 Å². The van der Waals surface area contributed by atoms with Crippen LogP contribution in [0.1, 0.15) is 10.4 Å². The third-order valence-corrected chi connectivity index (χ3v) is 2.68. The molecule has 0 unspecified atom stereocenters. The lowest BCUT2D eigenvalue weighted by Gasteiger charge is -2.12. The first kappa shape index (κ1) is 12.4. The zero-order chi connectivity index (χ0) is 13.0. The summed E-state index contributed by atoms with van der Waals surface area (Å²) in [5.74, 6) is 0.0332. The molecule has 0 bridgehead atoms. The zero-order valence-corrected chi connectivity index (χ0v) is 10.2. The van der Waals surface area contributed by atoms with Gasteiger partial charge in [0.15, 0.2) is 0 Å². The normalized spacial score (nSPS) is 10.5. The molecule has 0 aliphatic rings. The van der Waals surface area contributed by atoms with Crippen molar-refractivity contribution in [1.29, 1.82) is 0 Å². The average molecular weight is 245 g/mol. The Morgan fingerprint density at radius 1 is 1.17 bits per heavy atom. The number of hydrogen-bond acceptors (Lipinski definition) is 3. The summed E-state index contributed by atoms with van der Waals surface area (Å²) in [7, 11) is 1.60. The van der Waals surface area contributed by atoms with Crippen LogP contribution in [0.25, 0.3) is 10.8 Å². The Bertz CT molecular complexity index is 566. The Kier molecular flexibility index (Phi) is 3.79. The van der Waals surface area contributed by atoms with Crippen LogP contribution in [0.5, 0.6) is 5.75 Å². The molecule has 0 saturated carbocycles. The number of hydrogen-bond donors (Lipinski definition) is 1. The molecule has 2 N–H and O–H groups in total. The van der Waals surface area contributed by atoms with E-state index in [1.54, 1.807) is 13.2 Å². The number of carbonyl (C=O) groups excluding carboxylic acids is 1. The molecule has 0 heterocycles. The van der Waals surface area contributed by atoms with E-state index in [2.05, 4.69) is 0 Å². The van der Waals surface area contributed by atoms with Gasteiger partial charge in [0.1, 0.15) is 12.4 Å². The van der Waals surface area contributed by atoms with Crippen molar-refractivity contribution in [1.82, 2.24) is 0 Å². The summed E-state index contributed by atoms with van der Waals surface area (Å²) in [5, 5.41) is 1.89. The largest absolute Gasteiger partial charge is 0.490 e. The highest BCUT2D eigenvalue weighted by Gasteiger charge is 2.12. The minimum absolute atomic E-state index is 0.380. The van der Waals surface area contributed by atoms with Crippen molar-refractivity contribution >= 4 is 16.7 Å². The lowest BCUT2D eigenvalue weighted by Crippen LogP contribution is -2.14. The molecule has 94 valence electrons. The number of rotatable bonds is 5. The number of amides is 1. The molecule has 0 saturated heterocycles. The average Bonchev–Trinajstić information content (AvgIpc) is 2.38. The van der Waals surface area contributed by atoms with E-state index >= 15 is 0 Å². The van der Waals surface area contributed by atoms with Gasteiger partial charge >= 0.3 is 0 Å². The Balaban J connectivity index is 2.48. The Hall–Kier alpha value is -2.07. The van der Waals surface area contributed by atoms with Crippen LogP contribution >= 0.6 is 0 Å². The summed E-state index contributed by atoms with van der Waals surface area (Å²) in [4.78, 5) is 11.4. The number of carbonyl (C=O) groups is 1. The van der Waals surface area contributed by atoms with Gasteiger partial charge in [0.05, 0.1) is 12.2 Å². The van der Waals surface area contributed by atoms with E-state index in [1.165, 1.54) is 0 Å². The van der Waals surface area contributed by atoms with E-state index in [-0.39, 0.29) is 0 Å². The number of fused-ring (bicyclic) bond motifs is 1. The molecular formula is C14H15NO3. The molecule has 0 radical (unpaired) electrons. The van der Waals surface area contributed by atoms with Crippen molar-refractivity contribution in [2.45, 2.75) is 0 Å². The summed E-state index contributed by atoms with van der Waals surface area (Å²) in [6.07, 6.45) is 0. The van der Waals surface area contributed by atoms with E-state index in [0.717, 1.165) is 10.8 Å². The lowest BCUT2D eigenvalue weighted by molar-refractivity contribution is 0.0993. The number of nitrogens with two attached hydrogens (primary N) is 1. The fourth-order valence-corrected chi connectivity index (χ4v) is 1.82. The highest BCUT2D eigenvalue weighted by Crippen LogP contribution is 2.29. The first-order chi connectivity index (χ1) is 8.74. The third-order valence-electron chi connectivity index (χ3n) is 2.68. The van der Waals surface area contributed by atoms with Crippen LogP contribution < -0.4 is 10.5 Å². The van der Waals surface area contributed by atoms with Crippen molar-refractivity contribution in [2.75, 3.05) is 20.3 Å². The minimum atomic E-state index is -0.492. The summed E-state index contributed by atoms with van der Waals surface area (Å²) < 4.78 is 10.6. The lowest BCUT2D eigenvalue weighted by atomic mass is 10.0. The van der Waals surface area contributed by atoms with Gasteiger partial charge in [-0.15, -0.1) is 0 Å². The number of primary amides is 1. The maximum atomic E-state index is 11.4. The van der Waals surface area contributed by atoms with Gasteiger partial charge in [-0.2, -0.15) is 0 Å². The maximum absolute atomic E-state index is 11.4. The van der Waals surface area contributed by atoms with Crippen molar-refractivity contribution in [2.24, 2.45) is 5.73 Å². The van der Waals surface area contributed by atoms with E-state index in [9.17, 15) is 4.79 Å². The first-order valence-electron chi connectivity index (χ1n) is 5.67. The first-order valence-corrected chi connectivity index (χ1v) is 5.67. The number of benzene rings is 2. The summed E-state index contributed by atoms with van der Waals surface area (Å²) in [6, 6.07) is 11.3. The van der Waals surface area contributed by atoms with Gasteiger partial charge in [0.25, 0.3) is 5.91 Å². The summed E-state index contributed by atoms with van der Waals surface area (Å²) >= 11 is 0. The molecule has 18 heavy (non-hydrogen) atoms. The molecule has 0 spiro atoms. The van der Waals surface area contributed by atoms with Gasteiger partial charge in [-0.1, -0.05) is 30.3 Å². The van der Waals surface area contributed by atoms with Gasteiger partial charge < -0.3 is 15.2 Å². The topological polar surface area (TPSA) is 61.6 Å². The molecule has 2 aromatic rings. The molecule has 0 aromatic heterocycles. The Labute approximate surface area is 105 Å². The Morgan fingerprint density at radius 3 is 2.67 bits per heavy atom. The van der Waals surface area contributed by atoms with Crippen LogP contribution in [-0.4, -0.2) is 26.2 Å². The molecule has 2 aromatic carbocycles. The summed E-state index contributed by atoms with van der Waals surface area (Å²) in [5.41, 5.74) is 5.75. The SMILES string of the molecule is COCCOc1c(C(N)=O)ccc2ccccc12. The molecule has 0 aliphatic heterocycles. The van der Waals surface area contributed by atoms with Gasteiger partial charge in [-0.25, -0.2) is 0 Å². The minimum Gasteiger partial charge on any atom is -0.490 e. The summed E-state index contributed by atoms with van der Waals surface area (Å²) in [6.45, 7) is 0.839. The number of ether oxygens (including phenoxy) is 2. The van der Waals surface area contributed by atoms with E-state index in [0.29, 0.717) is 24.5 Å². The molecule has 2 rings (SSSR count). The molecule has 4 nitrogen and oxygen atoms in total. The highest BCUT2D eigenvalue weighted by atomic mass is 16.5. The predicted octanol–water partition coefficient (Wildman–Crippen LogP) is 1.96. The fraction of sp³-hybridized carbons (Fsp3) is 0.214. The highest BCUT2D eigenvalue weighted by molar-refractivity contribution is 6.03. The van der Waals surface area contributed by atoms with E-state index in [1.807, 2.05) is 30.3 Å². The van der Waals surface area contributed by atoms with Gasteiger partial charge in [0.2, 0.25) is 0 Å². The zero-order valence-electron chi connectivity index (χ0n) is 10.2. The Morgan fingerprint density at radius 2 is 1.94 bits per heavy atom. The monoisotopic (exact) mass is 245 g/mol. The van der Waals surface area contributed by atoms with Crippen molar-refractivity contribution in [3.8, 4) is 5.75 Å². The fourth-order valence-electron chi connectivity index (χ4n) is 1.82. The second-order valence-corrected chi connectivity index (χ2v) is 3.87. The van der Waals surface area contributed by atoms with Crippen LogP contribution in [0, 0.1) is 0 Å².